The molecule has 0 aromatic carbocycles. The van der Waals surface area contributed by atoms with Crippen LogP contribution in [-0.2, 0) is 9.59 Å². The molecule has 0 spiro atoms. The number of nitrogens with zero attached hydrogens (tertiary/aromatic N) is 1. The number of carbonyl (C=O) groups is 2. The molecule has 0 aliphatic carbocycles. The summed E-state index contributed by atoms with van der Waals surface area (Å²) < 4.78 is 0.583. The minimum atomic E-state index is -0.420. The van der Waals surface area contributed by atoms with Crippen LogP contribution in [0.5, 0.6) is 0 Å². The van der Waals surface area contributed by atoms with Gasteiger partial charge in [-0.05, 0) is 0 Å². The second kappa shape index (κ2) is 1.74. The van der Waals surface area contributed by atoms with Crippen LogP contribution in [0.15, 0.2) is 0 Å². The van der Waals surface area contributed by atoms with Crippen LogP contribution in [0.4, 0.5) is 0 Å². The van der Waals surface area contributed by atoms with Crippen molar-refractivity contribution in [3.05, 3.63) is 6.42 Å². The van der Waals surface area contributed by atoms with Crippen molar-refractivity contribution in [2.75, 3.05) is 0 Å². The molecule has 0 unspecified atom stereocenters. The van der Waals surface area contributed by atoms with Gasteiger partial charge in [-0.3, -0.25) is 9.59 Å². The largest absolute Gasteiger partial charge is 0.273 e. The van der Waals surface area contributed by atoms with Crippen LogP contribution in [-0.4, -0.2) is 16.2 Å². The minimum Gasteiger partial charge on any atom is -0.273 e. The molecule has 0 atom stereocenters. The highest BCUT2D eigenvalue weighted by molar-refractivity contribution is 6.33. The Morgan fingerprint density at radius 3 is 2.38 bits per heavy atom. The molecule has 1 rings (SSSR count). The second-order valence-corrected chi connectivity index (χ2v) is 1.76. The van der Waals surface area contributed by atoms with Crippen molar-refractivity contribution >= 4 is 23.6 Å². The highest BCUT2D eigenvalue weighted by Crippen LogP contribution is 2.11. The number of imide groups is 1. The Morgan fingerprint density at radius 1 is 1.62 bits per heavy atom. The number of hydrogen-bond donors (Lipinski definition) is 0. The summed E-state index contributed by atoms with van der Waals surface area (Å²) in [5.41, 5.74) is 0. The van der Waals surface area contributed by atoms with Gasteiger partial charge in [-0.1, -0.05) is 0 Å². The fraction of sp³-hybridized carbons (Fsp3) is 0.250. The van der Waals surface area contributed by atoms with Crippen molar-refractivity contribution in [2.45, 2.75) is 6.42 Å². The van der Waals surface area contributed by atoms with Crippen molar-refractivity contribution < 1.29 is 9.59 Å². The van der Waals surface area contributed by atoms with E-state index in [2.05, 4.69) is 0 Å². The summed E-state index contributed by atoms with van der Waals surface area (Å²) in [5, 5.41) is 0. The Balaban J connectivity index is 2.70. The molecule has 0 aromatic rings. The van der Waals surface area contributed by atoms with Crippen molar-refractivity contribution in [2.24, 2.45) is 0 Å². The molecule has 1 radical (unpaired) electrons. The summed E-state index contributed by atoms with van der Waals surface area (Å²) in [6.45, 7) is 0. The van der Waals surface area contributed by atoms with Crippen LogP contribution in [0.3, 0.4) is 0 Å². The smallest absolute Gasteiger partial charge is 0.248 e. The van der Waals surface area contributed by atoms with Crippen molar-refractivity contribution in [1.82, 2.24) is 4.42 Å². The summed E-state index contributed by atoms with van der Waals surface area (Å²) in [4.78, 5) is 20.6. The Bertz CT molecular complexity index is 129. The molecule has 4 heteroatoms. The van der Waals surface area contributed by atoms with Crippen LogP contribution in [0.25, 0.3) is 0 Å². The lowest BCUT2D eigenvalue weighted by molar-refractivity contribution is -0.131. The SMILES string of the molecule is O=C1[CH]CC(=O)N1Cl. The van der Waals surface area contributed by atoms with E-state index in [4.69, 9.17) is 11.8 Å². The predicted octanol–water partition coefficient (Wildman–Crippen LogP) is 0.103. The van der Waals surface area contributed by atoms with Gasteiger partial charge in [0.1, 0.15) is 0 Å². The molecular formula is C4H3ClNO2. The standard InChI is InChI=1S/C4H3ClNO2/c5-6-3(7)1-2-4(6)8/h1H,2H2. The molecule has 0 bridgehead atoms. The van der Waals surface area contributed by atoms with E-state index < -0.39 is 5.91 Å². The number of carbonyl (C=O) groups excluding carboxylic acids is 2. The first kappa shape index (κ1) is 5.56. The normalized spacial score (nSPS) is 20.4. The van der Waals surface area contributed by atoms with Gasteiger partial charge in [-0.2, -0.15) is 4.42 Å². The monoisotopic (exact) mass is 132 g/mol. The zero-order chi connectivity index (χ0) is 6.15. The fourth-order valence-corrected chi connectivity index (χ4v) is 0.596. The highest BCUT2D eigenvalue weighted by Gasteiger charge is 2.27. The lowest BCUT2D eigenvalue weighted by Crippen LogP contribution is -2.17. The summed E-state index contributed by atoms with van der Waals surface area (Å²) in [7, 11) is 0. The maximum atomic E-state index is 10.3. The van der Waals surface area contributed by atoms with Gasteiger partial charge in [0.15, 0.2) is 0 Å². The lowest BCUT2D eigenvalue weighted by atomic mass is 10.4. The van der Waals surface area contributed by atoms with Gasteiger partial charge >= 0.3 is 0 Å². The third kappa shape index (κ3) is 0.690. The Kier molecular flexibility index (Phi) is 1.21. The van der Waals surface area contributed by atoms with Gasteiger partial charge in [0, 0.05) is 18.2 Å². The van der Waals surface area contributed by atoms with E-state index in [1.54, 1.807) is 0 Å². The molecule has 1 saturated heterocycles. The molecule has 43 valence electrons. The van der Waals surface area contributed by atoms with Crippen molar-refractivity contribution in [1.29, 1.82) is 0 Å². The molecule has 1 aliphatic heterocycles. The molecule has 8 heavy (non-hydrogen) atoms. The average molecular weight is 133 g/mol. The number of halogens is 1. The van der Waals surface area contributed by atoms with Gasteiger partial charge in [-0.15, -0.1) is 0 Å². The lowest BCUT2D eigenvalue weighted by Gasteiger charge is -1.96. The zero-order valence-corrected chi connectivity index (χ0v) is 4.68. The molecule has 3 nitrogen and oxygen atoms in total. The fourth-order valence-electron chi connectivity index (χ4n) is 0.458. The average Bonchev–Trinajstić information content (AvgIpc) is 1.98. The molecule has 0 N–H and O–H groups in total. The van der Waals surface area contributed by atoms with E-state index >= 15 is 0 Å². The van der Waals surface area contributed by atoms with Crippen molar-refractivity contribution in [3.63, 3.8) is 0 Å². The van der Waals surface area contributed by atoms with E-state index in [0.717, 1.165) is 0 Å². The third-order valence-electron chi connectivity index (χ3n) is 0.864. The van der Waals surface area contributed by atoms with Gasteiger partial charge in [-0.25, -0.2) is 0 Å². The molecule has 0 aromatic heterocycles. The van der Waals surface area contributed by atoms with Crippen molar-refractivity contribution in [3.8, 4) is 0 Å². The quantitative estimate of drug-likeness (QED) is 0.346. The summed E-state index contributed by atoms with van der Waals surface area (Å²) >= 11 is 5.12. The Morgan fingerprint density at radius 2 is 2.25 bits per heavy atom. The van der Waals surface area contributed by atoms with Crippen LogP contribution in [0.1, 0.15) is 6.42 Å². The van der Waals surface area contributed by atoms with Crippen LogP contribution in [0, 0.1) is 6.42 Å². The Hall–Kier alpha value is -0.570. The molecule has 2 amide bonds. The summed E-state index contributed by atoms with van der Waals surface area (Å²) in [5.74, 6) is -0.770. The van der Waals surface area contributed by atoms with Gasteiger partial charge < -0.3 is 0 Å². The first-order chi connectivity index (χ1) is 3.72. The predicted molar refractivity (Wildman–Crippen MR) is 26.6 cm³/mol. The maximum absolute atomic E-state index is 10.3. The first-order valence-corrected chi connectivity index (χ1v) is 2.41. The number of hydrogen-bond acceptors (Lipinski definition) is 2. The van der Waals surface area contributed by atoms with E-state index in [-0.39, 0.29) is 12.3 Å². The molecule has 0 saturated carbocycles. The molecule has 1 fully saturated rings. The van der Waals surface area contributed by atoms with E-state index in [1.165, 1.54) is 6.42 Å². The van der Waals surface area contributed by atoms with Gasteiger partial charge in [0.25, 0.3) is 0 Å². The van der Waals surface area contributed by atoms with Gasteiger partial charge in [0.2, 0.25) is 11.8 Å². The molecular weight excluding hydrogens is 130 g/mol. The zero-order valence-electron chi connectivity index (χ0n) is 3.93. The molecule has 1 heterocycles. The van der Waals surface area contributed by atoms with Gasteiger partial charge in [0.05, 0.1) is 6.42 Å². The molecule has 1 aliphatic rings. The van der Waals surface area contributed by atoms with E-state index in [0.29, 0.717) is 4.42 Å². The van der Waals surface area contributed by atoms with Crippen LogP contribution < -0.4 is 0 Å². The van der Waals surface area contributed by atoms with E-state index in [1.807, 2.05) is 0 Å². The Labute approximate surface area is 51.3 Å². The van der Waals surface area contributed by atoms with E-state index in [9.17, 15) is 9.59 Å². The summed E-state index contributed by atoms with van der Waals surface area (Å²) in [6.07, 6.45) is 1.39. The van der Waals surface area contributed by atoms with Crippen LogP contribution >= 0.6 is 11.8 Å². The second-order valence-electron chi connectivity index (χ2n) is 1.42. The number of amides is 2. The topological polar surface area (TPSA) is 37.4 Å². The number of rotatable bonds is 0. The van der Waals surface area contributed by atoms with Crippen LogP contribution in [0.2, 0.25) is 0 Å². The minimum absolute atomic E-state index is 0.141. The highest BCUT2D eigenvalue weighted by atomic mass is 35.5. The first-order valence-electron chi connectivity index (χ1n) is 2.07. The summed E-state index contributed by atoms with van der Waals surface area (Å²) in [6, 6.07) is 0. The maximum Gasteiger partial charge on any atom is 0.248 e. The third-order valence-corrected chi connectivity index (χ3v) is 1.22.